The van der Waals surface area contributed by atoms with Crippen LogP contribution in [0.25, 0.3) is 0 Å². The van der Waals surface area contributed by atoms with E-state index in [9.17, 15) is 0 Å². The molecule has 4 fully saturated rings. The number of thioether (sulfide) groups is 1. The van der Waals surface area contributed by atoms with Gasteiger partial charge in [-0.2, -0.15) is 11.8 Å². The summed E-state index contributed by atoms with van der Waals surface area (Å²) < 4.78 is 5.89. The van der Waals surface area contributed by atoms with Crippen LogP contribution in [-0.2, 0) is 4.74 Å². The Morgan fingerprint density at radius 1 is 0.737 bits per heavy atom. The fourth-order valence-electron chi connectivity index (χ4n) is 4.43. The van der Waals surface area contributed by atoms with E-state index in [2.05, 4.69) is 11.8 Å². The Kier molecular flexibility index (Phi) is 5.52. The van der Waals surface area contributed by atoms with E-state index in [1.165, 1.54) is 70.0 Å². The number of hydrogen-bond donors (Lipinski definition) is 0. The number of fused-ring (bicyclic) bond motifs is 7. The van der Waals surface area contributed by atoms with E-state index in [1.54, 1.807) is 0 Å². The molecule has 2 bridgehead atoms. The Morgan fingerprint density at radius 2 is 1.63 bits per heavy atom. The molecule has 4 unspecified atom stereocenters. The fourth-order valence-corrected chi connectivity index (χ4v) is 5.91. The molecule has 0 aromatic carbocycles. The van der Waals surface area contributed by atoms with Gasteiger partial charge in [0, 0.05) is 18.5 Å². The summed E-state index contributed by atoms with van der Waals surface area (Å²) in [5.41, 5.74) is 0. The van der Waals surface area contributed by atoms with E-state index in [0.29, 0.717) is 0 Å². The molecule has 0 aromatic heterocycles. The second kappa shape index (κ2) is 7.36. The standard InChI is InChI=1S/C17H30OS/c1-2-5-16-12-14-7-8-17(19-13-14)6-3-10-18-11-9-15(16)4-1/h14-17H,1-13H2. The van der Waals surface area contributed by atoms with Crippen molar-refractivity contribution < 1.29 is 4.74 Å². The molecule has 1 nitrogen and oxygen atoms in total. The van der Waals surface area contributed by atoms with Gasteiger partial charge in [-0.25, -0.2) is 0 Å². The zero-order chi connectivity index (χ0) is 12.9. The van der Waals surface area contributed by atoms with E-state index in [1.807, 2.05) is 0 Å². The SMILES string of the molecule is C1COCCC2CCCCC2CC2CCC(C1)SC2. The van der Waals surface area contributed by atoms with Crippen LogP contribution in [0.3, 0.4) is 0 Å². The Morgan fingerprint density at radius 3 is 2.47 bits per heavy atom. The van der Waals surface area contributed by atoms with Crippen LogP contribution < -0.4 is 0 Å². The third-order valence-corrected chi connectivity index (χ3v) is 7.22. The summed E-state index contributed by atoms with van der Waals surface area (Å²) in [6, 6.07) is 0. The first-order valence-corrected chi connectivity index (χ1v) is 9.66. The van der Waals surface area contributed by atoms with Gasteiger partial charge in [-0.3, -0.25) is 0 Å². The normalized spacial score (nSPS) is 41.7. The maximum Gasteiger partial charge on any atom is 0.0468 e. The van der Waals surface area contributed by atoms with E-state index >= 15 is 0 Å². The van der Waals surface area contributed by atoms with Crippen molar-refractivity contribution in [2.75, 3.05) is 19.0 Å². The zero-order valence-electron chi connectivity index (χ0n) is 12.3. The van der Waals surface area contributed by atoms with Crippen LogP contribution in [0.1, 0.15) is 64.2 Å². The van der Waals surface area contributed by atoms with Crippen molar-refractivity contribution in [3.05, 3.63) is 0 Å². The number of hydrogen-bond acceptors (Lipinski definition) is 2. The fraction of sp³-hybridized carbons (Fsp3) is 1.00. The molecular formula is C17H30OS. The van der Waals surface area contributed by atoms with Crippen LogP contribution in [0.2, 0.25) is 0 Å². The van der Waals surface area contributed by atoms with Gasteiger partial charge in [0.05, 0.1) is 0 Å². The average molecular weight is 282 g/mol. The van der Waals surface area contributed by atoms with Crippen molar-refractivity contribution in [3.63, 3.8) is 0 Å². The van der Waals surface area contributed by atoms with Crippen molar-refractivity contribution in [2.45, 2.75) is 69.5 Å². The molecule has 0 N–H and O–H groups in total. The minimum Gasteiger partial charge on any atom is -0.381 e. The Labute approximate surface area is 123 Å². The van der Waals surface area contributed by atoms with Crippen LogP contribution in [-0.4, -0.2) is 24.2 Å². The molecule has 110 valence electrons. The summed E-state index contributed by atoms with van der Waals surface area (Å²) in [6.07, 6.45) is 14.5. The largest absolute Gasteiger partial charge is 0.381 e. The molecule has 3 aliphatic heterocycles. The maximum atomic E-state index is 5.89. The molecule has 0 radical (unpaired) electrons. The topological polar surface area (TPSA) is 9.23 Å². The summed E-state index contributed by atoms with van der Waals surface area (Å²) >= 11 is 2.28. The lowest BCUT2D eigenvalue weighted by Gasteiger charge is -2.36. The lowest BCUT2D eigenvalue weighted by Crippen LogP contribution is -2.26. The van der Waals surface area contributed by atoms with Crippen molar-refractivity contribution in [2.24, 2.45) is 17.8 Å². The minimum absolute atomic E-state index is 0.947. The van der Waals surface area contributed by atoms with E-state index in [4.69, 9.17) is 4.74 Å². The second-order valence-corrected chi connectivity index (χ2v) is 8.32. The van der Waals surface area contributed by atoms with Crippen molar-refractivity contribution in [3.8, 4) is 0 Å². The molecule has 3 saturated heterocycles. The minimum atomic E-state index is 0.947. The third-order valence-electron chi connectivity index (χ3n) is 5.61. The zero-order valence-corrected chi connectivity index (χ0v) is 13.1. The maximum absolute atomic E-state index is 5.89. The van der Waals surface area contributed by atoms with Crippen LogP contribution in [0, 0.1) is 17.8 Å². The summed E-state index contributed by atoms with van der Waals surface area (Å²) in [6.45, 7) is 2.04. The number of ether oxygens (including phenoxy) is 1. The highest BCUT2D eigenvalue weighted by atomic mass is 32.2. The van der Waals surface area contributed by atoms with Crippen LogP contribution in [0.4, 0.5) is 0 Å². The summed E-state index contributed by atoms with van der Waals surface area (Å²) in [5, 5.41) is 0.947. The smallest absolute Gasteiger partial charge is 0.0468 e. The molecule has 1 saturated carbocycles. The molecule has 4 atom stereocenters. The van der Waals surface area contributed by atoms with Crippen LogP contribution in [0.15, 0.2) is 0 Å². The third kappa shape index (κ3) is 4.14. The van der Waals surface area contributed by atoms with Gasteiger partial charge >= 0.3 is 0 Å². The van der Waals surface area contributed by atoms with Gasteiger partial charge in [-0.05, 0) is 62.0 Å². The van der Waals surface area contributed by atoms with Gasteiger partial charge in [0.15, 0.2) is 0 Å². The molecule has 4 aliphatic rings. The predicted octanol–water partition coefficient (Wildman–Crippen LogP) is 4.90. The van der Waals surface area contributed by atoms with Crippen molar-refractivity contribution in [1.82, 2.24) is 0 Å². The monoisotopic (exact) mass is 282 g/mol. The van der Waals surface area contributed by atoms with Crippen molar-refractivity contribution >= 4 is 11.8 Å². The van der Waals surface area contributed by atoms with Gasteiger partial charge in [-0.1, -0.05) is 25.7 Å². The average Bonchev–Trinajstić information content (AvgIpc) is 2.48. The number of rotatable bonds is 0. The van der Waals surface area contributed by atoms with Gasteiger partial charge < -0.3 is 4.74 Å². The molecule has 3 heterocycles. The first kappa shape index (κ1) is 14.3. The second-order valence-electron chi connectivity index (χ2n) is 6.98. The van der Waals surface area contributed by atoms with Gasteiger partial charge in [-0.15, -0.1) is 0 Å². The molecule has 19 heavy (non-hydrogen) atoms. The van der Waals surface area contributed by atoms with E-state index < -0.39 is 0 Å². The van der Waals surface area contributed by atoms with Gasteiger partial charge in [0.25, 0.3) is 0 Å². The molecule has 0 aromatic rings. The summed E-state index contributed by atoms with van der Waals surface area (Å²) in [5.74, 6) is 4.50. The first-order valence-electron chi connectivity index (χ1n) is 8.61. The Bertz CT molecular complexity index is 260. The van der Waals surface area contributed by atoms with Crippen LogP contribution in [0.5, 0.6) is 0 Å². The molecule has 1 aliphatic carbocycles. The predicted molar refractivity (Wildman–Crippen MR) is 83.7 cm³/mol. The Balaban J connectivity index is 1.61. The van der Waals surface area contributed by atoms with E-state index in [-0.39, 0.29) is 0 Å². The van der Waals surface area contributed by atoms with E-state index in [0.717, 1.165) is 36.2 Å². The molecule has 4 rings (SSSR count). The lowest BCUT2D eigenvalue weighted by atomic mass is 9.73. The molecular weight excluding hydrogens is 252 g/mol. The quantitative estimate of drug-likeness (QED) is 0.625. The van der Waals surface area contributed by atoms with Gasteiger partial charge in [0.2, 0.25) is 0 Å². The highest BCUT2D eigenvalue weighted by Crippen LogP contribution is 2.41. The highest BCUT2D eigenvalue weighted by molar-refractivity contribution is 7.99. The molecule has 0 amide bonds. The first-order chi connectivity index (χ1) is 9.42. The lowest BCUT2D eigenvalue weighted by molar-refractivity contribution is 0.0927. The highest BCUT2D eigenvalue weighted by Gasteiger charge is 2.30. The van der Waals surface area contributed by atoms with Gasteiger partial charge in [0.1, 0.15) is 0 Å². The summed E-state index contributed by atoms with van der Waals surface area (Å²) in [7, 11) is 0. The molecule has 0 spiro atoms. The molecule has 2 heteroatoms. The summed E-state index contributed by atoms with van der Waals surface area (Å²) in [4.78, 5) is 0. The van der Waals surface area contributed by atoms with Crippen molar-refractivity contribution in [1.29, 1.82) is 0 Å². The van der Waals surface area contributed by atoms with Crippen LogP contribution >= 0.6 is 11.8 Å². The Hall–Kier alpha value is 0.310.